The normalized spacial score (nSPS) is 12.2. The van der Waals surface area contributed by atoms with E-state index < -0.39 is 11.9 Å². The van der Waals surface area contributed by atoms with Crippen molar-refractivity contribution in [3.05, 3.63) is 42.5 Å². The van der Waals surface area contributed by atoms with E-state index in [1.165, 1.54) is 11.8 Å². The van der Waals surface area contributed by atoms with Crippen LogP contribution in [0.3, 0.4) is 0 Å². The van der Waals surface area contributed by atoms with E-state index >= 15 is 0 Å². The summed E-state index contributed by atoms with van der Waals surface area (Å²) < 4.78 is 21.5. The SMILES string of the molecule is CCOc1ccccc1NC(=O)COC(=O)CSc1ccc2c(c1)OCCO2. The topological polar surface area (TPSA) is 83.1 Å². The van der Waals surface area contributed by atoms with Gasteiger partial charge in [-0.1, -0.05) is 12.1 Å². The van der Waals surface area contributed by atoms with Gasteiger partial charge in [-0.05, 0) is 37.3 Å². The number of benzene rings is 2. The number of fused-ring (bicyclic) bond motifs is 1. The van der Waals surface area contributed by atoms with Crippen LogP contribution in [-0.4, -0.2) is 44.1 Å². The summed E-state index contributed by atoms with van der Waals surface area (Å²) in [5.41, 5.74) is 0.538. The highest BCUT2D eigenvalue weighted by atomic mass is 32.2. The average molecular weight is 403 g/mol. The highest BCUT2D eigenvalue weighted by Crippen LogP contribution is 2.34. The Bertz CT molecular complexity index is 841. The van der Waals surface area contributed by atoms with Crippen LogP contribution in [0.25, 0.3) is 0 Å². The first-order valence-electron chi connectivity index (χ1n) is 8.85. The number of carbonyl (C=O) groups excluding carboxylic acids is 2. The van der Waals surface area contributed by atoms with Gasteiger partial charge in [-0.15, -0.1) is 11.8 Å². The number of ether oxygens (including phenoxy) is 4. The van der Waals surface area contributed by atoms with Crippen LogP contribution in [0.15, 0.2) is 47.4 Å². The van der Waals surface area contributed by atoms with Gasteiger partial charge in [-0.2, -0.15) is 0 Å². The maximum atomic E-state index is 12.0. The summed E-state index contributed by atoms with van der Waals surface area (Å²) in [6.45, 7) is 3.02. The first kappa shape index (κ1) is 19.9. The van der Waals surface area contributed by atoms with Gasteiger partial charge in [0.15, 0.2) is 18.1 Å². The first-order valence-corrected chi connectivity index (χ1v) is 9.84. The van der Waals surface area contributed by atoms with Crippen LogP contribution >= 0.6 is 11.8 Å². The number of nitrogens with one attached hydrogen (secondary N) is 1. The van der Waals surface area contributed by atoms with Crippen molar-refractivity contribution in [2.24, 2.45) is 0 Å². The van der Waals surface area contributed by atoms with Gasteiger partial charge in [0.2, 0.25) is 0 Å². The van der Waals surface area contributed by atoms with Crippen LogP contribution in [0.1, 0.15) is 6.92 Å². The number of carbonyl (C=O) groups is 2. The van der Waals surface area contributed by atoms with Crippen LogP contribution in [0, 0.1) is 0 Å². The van der Waals surface area contributed by atoms with Crippen molar-refractivity contribution in [1.82, 2.24) is 0 Å². The maximum Gasteiger partial charge on any atom is 0.316 e. The molecule has 7 nitrogen and oxygen atoms in total. The fraction of sp³-hybridized carbons (Fsp3) is 0.300. The van der Waals surface area contributed by atoms with Gasteiger partial charge in [0.05, 0.1) is 18.0 Å². The third-order valence-electron chi connectivity index (χ3n) is 3.70. The Balaban J connectivity index is 1.43. The Morgan fingerprint density at radius 2 is 1.89 bits per heavy atom. The molecule has 0 atom stereocenters. The van der Waals surface area contributed by atoms with Gasteiger partial charge in [0, 0.05) is 4.90 Å². The number of anilines is 1. The number of amides is 1. The Morgan fingerprint density at radius 1 is 1.11 bits per heavy atom. The van der Waals surface area contributed by atoms with Crippen molar-refractivity contribution in [3.63, 3.8) is 0 Å². The molecule has 3 rings (SSSR count). The molecule has 1 aliphatic rings. The van der Waals surface area contributed by atoms with Crippen molar-refractivity contribution < 1.29 is 28.5 Å². The van der Waals surface area contributed by atoms with E-state index in [4.69, 9.17) is 18.9 Å². The molecule has 1 amide bonds. The van der Waals surface area contributed by atoms with E-state index in [2.05, 4.69) is 5.32 Å². The minimum atomic E-state index is -0.479. The quantitative estimate of drug-likeness (QED) is 0.536. The number of rotatable bonds is 8. The average Bonchev–Trinajstić information content (AvgIpc) is 2.72. The molecule has 0 saturated carbocycles. The summed E-state index contributed by atoms with van der Waals surface area (Å²) in [4.78, 5) is 24.8. The molecule has 2 aromatic carbocycles. The minimum absolute atomic E-state index is 0.0858. The number of para-hydroxylation sites is 2. The van der Waals surface area contributed by atoms with Gasteiger partial charge in [-0.3, -0.25) is 9.59 Å². The zero-order valence-electron chi connectivity index (χ0n) is 15.4. The van der Waals surface area contributed by atoms with E-state index in [0.29, 0.717) is 42.8 Å². The van der Waals surface area contributed by atoms with Crippen molar-refractivity contribution in [2.45, 2.75) is 11.8 Å². The first-order chi connectivity index (χ1) is 13.7. The third-order valence-corrected chi connectivity index (χ3v) is 4.66. The van der Waals surface area contributed by atoms with Crippen LogP contribution in [-0.2, 0) is 14.3 Å². The fourth-order valence-corrected chi connectivity index (χ4v) is 3.20. The Labute approximate surface area is 167 Å². The third kappa shape index (κ3) is 5.56. The summed E-state index contributed by atoms with van der Waals surface area (Å²) in [5, 5.41) is 2.68. The molecule has 8 heteroatoms. The highest BCUT2D eigenvalue weighted by Gasteiger charge is 2.14. The Morgan fingerprint density at radius 3 is 2.71 bits per heavy atom. The molecule has 0 saturated heterocycles. The van der Waals surface area contributed by atoms with E-state index in [0.717, 1.165) is 4.90 Å². The van der Waals surface area contributed by atoms with Crippen molar-refractivity contribution in [2.75, 3.05) is 37.5 Å². The van der Waals surface area contributed by atoms with Crippen LogP contribution in [0.2, 0.25) is 0 Å². The molecule has 28 heavy (non-hydrogen) atoms. The summed E-state index contributed by atoms with van der Waals surface area (Å²) in [6, 6.07) is 12.6. The number of hydrogen-bond donors (Lipinski definition) is 1. The molecule has 1 aliphatic heterocycles. The molecule has 0 aliphatic carbocycles. The lowest BCUT2D eigenvalue weighted by atomic mass is 10.3. The van der Waals surface area contributed by atoms with Crippen molar-refractivity contribution >= 4 is 29.3 Å². The lowest BCUT2D eigenvalue weighted by Gasteiger charge is -2.18. The Kier molecular flexibility index (Phi) is 7.02. The zero-order valence-corrected chi connectivity index (χ0v) is 16.3. The molecular weight excluding hydrogens is 382 g/mol. The van der Waals surface area contributed by atoms with Gasteiger partial charge in [0.1, 0.15) is 19.0 Å². The van der Waals surface area contributed by atoms with Gasteiger partial charge >= 0.3 is 5.97 Å². The van der Waals surface area contributed by atoms with E-state index in [-0.39, 0.29) is 12.4 Å². The van der Waals surface area contributed by atoms with Gasteiger partial charge in [0.25, 0.3) is 5.91 Å². The molecule has 148 valence electrons. The second-order valence-electron chi connectivity index (χ2n) is 5.73. The molecule has 0 radical (unpaired) electrons. The molecule has 1 heterocycles. The summed E-state index contributed by atoms with van der Waals surface area (Å²) in [7, 11) is 0. The lowest BCUT2D eigenvalue weighted by Crippen LogP contribution is -2.22. The predicted octanol–water partition coefficient (Wildman–Crippen LogP) is 3.13. The minimum Gasteiger partial charge on any atom is -0.492 e. The molecular formula is C20H21NO6S. The number of thioether (sulfide) groups is 1. The maximum absolute atomic E-state index is 12.0. The molecule has 0 unspecified atom stereocenters. The summed E-state index contributed by atoms with van der Waals surface area (Å²) in [5.74, 6) is 1.11. The zero-order chi connectivity index (χ0) is 19.8. The fourth-order valence-electron chi connectivity index (χ4n) is 2.48. The van der Waals surface area contributed by atoms with Crippen LogP contribution < -0.4 is 19.5 Å². The largest absolute Gasteiger partial charge is 0.492 e. The standard InChI is InChI=1S/C20H21NO6S/c1-2-24-16-6-4-3-5-15(16)21-19(22)12-27-20(23)13-28-14-7-8-17-18(11-14)26-10-9-25-17/h3-8,11H,2,9-10,12-13H2,1H3,(H,21,22). The van der Waals surface area contributed by atoms with Gasteiger partial charge < -0.3 is 24.3 Å². The monoisotopic (exact) mass is 403 g/mol. The molecule has 0 spiro atoms. The van der Waals surface area contributed by atoms with Crippen molar-refractivity contribution in [1.29, 1.82) is 0 Å². The highest BCUT2D eigenvalue weighted by molar-refractivity contribution is 8.00. The molecule has 0 aromatic heterocycles. The lowest BCUT2D eigenvalue weighted by molar-refractivity contribution is -0.144. The van der Waals surface area contributed by atoms with Gasteiger partial charge in [-0.25, -0.2) is 0 Å². The molecule has 0 bridgehead atoms. The Hall–Kier alpha value is -2.87. The summed E-state index contributed by atoms with van der Waals surface area (Å²) >= 11 is 1.30. The summed E-state index contributed by atoms with van der Waals surface area (Å²) in [6.07, 6.45) is 0. The molecule has 1 N–H and O–H groups in total. The van der Waals surface area contributed by atoms with E-state index in [1.54, 1.807) is 18.2 Å². The second-order valence-corrected chi connectivity index (χ2v) is 6.78. The second kappa shape index (κ2) is 9.89. The van der Waals surface area contributed by atoms with Crippen molar-refractivity contribution in [3.8, 4) is 17.2 Å². The van der Waals surface area contributed by atoms with E-state index in [1.807, 2.05) is 31.2 Å². The number of esters is 1. The molecule has 2 aromatic rings. The van der Waals surface area contributed by atoms with Crippen LogP contribution in [0.5, 0.6) is 17.2 Å². The number of hydrogen-bond acceptors (Lipinski definition) is 7. The van der Waals surface area contributed by atoms with Crippen LogP contribution in [0.4, 0.5) is 5.69 Å². The smallest absolute Gasteiger partial charge is 0.316 e. The predicted molar refractivity (Wildman–Crippen MR) is 105 cm³/mol. The molecule has 0 fully saturated rings. The van der Waals surface area contributed by atoms with E-state index in [9.17, 15) is 9.59 Å².